The Labute approximate surface area is 115 Å². The molecule has 19 heavy (non-hydrogen) atoms. The van der Waals surface area contributed by atoms with Crippen molar-refractivity contribution < 1.29 is 14.3 Å². The lowest BCUT2D eigenvalue weighted by Crippen LogP contribution is -2.04. The van der Waals surface area contributed by atoms with Gasteiger partial charge in [0.15, 0.2) is 17.3 Å². The van der Waals surface area contributed by atoms with Crippen molar-refractivity contribution in [1.82, 2.24) is 9.97 Å². The minimum atomic E-state index is -0.233. The number of ketones is 1. The second-order valence-corrected chi connectivity index (χ2v) is 4.06. The van der Waals surface area contributed by atoms with Crippen molar-refractivity contribution in [2.45, 2.75) is 0 Å². The lowest BCUT2D eigenvalue weighted by atomic mass is 10.1. The van der Waals surface area contributed by atoms with Crippen LogP contribution in [0.1, 0.15) is 15.9 Å². The van der Waals surface area contributed by atoms with E-state index in [-0.39, 0.29) is 5.78 Å². The lowest BCUT2D eigenvalue weighted by Gasteiger charge is -2.11. The summed E-state index contributed by atoms with van der Waals surface area (Å²) in [5.74, 6) is 0.559. The van der Waals surface area contributed by atoms with Gasteiger partial charge in [0.05, 0.1) is 24.8 Å². The predicted molar refractivity (Wildman–Crippen MR) is 70.0 cm³/mol. The summed E-state index contributed by atoms with van der Waals surface area (Å²) in [6.07, 6.45) is 4.25. The zero-order chi connectivity index (χ0) is 13.8. The smallest absolute Gasteiger partial charge is 0.196 e. The van der Waals surface area contributed by atoms with Crippen LogP contribution in [0.5, 0.6) is 11.5 Å². The van der Waals surface area contributed by atoms with Crippen LogP contribution in [-0.4, -0.2) is 30.0 Å². The molecule has 0 aliphatic carbocycles. The first-order valence-corrected chi connectivity index (χ1v) is 5.76. The van der Waals surface area contributed by atoms with E-state index in [1.54, 1.807) is 6.07 Å². The highest BCUT2D eigenvalue weighted by Gasteiger charge is 2.16. The molecule has 5 nitrogen and oxygen atoms in total. The molecule has 0 aliphatic heterocycles. The average Bonchev–Trinajstić information content (AvgIpc) is 2.46. The molecule has 0 amide bonds. The number of hydrogen-bond donors (Lipinski definition) is 0. The van der Waals surface area contributed by atoms with Crippen LogP contribution in [0.4, 0.5) is 0 Å². The third kappa shape index (κ3) is 2.66. The topological polar surface area (TPSA) is 61.3 Å². The Bertz CT molecular complexity index is 602. The summed E-state index contributed by atoms with van der Waals surface area (Å²) in [5, 5.41) is 0.307. The van der Waals surface area contributed by atoms with Crippen LogP contribution < -0.4 is 9.47 Å². The molecular formula is C13H11ClN2O3. The minimum Gasteiger partial charge on any atom is -0.493 e. The number of ether oxygens (including phenoxy) is 2. The SMILES string of the molecule is COc1cc(C(=O)c2cncnc2)cc(Cl)c1OC. The number of carbonyl (C=O) groups is 1. The van der Waals surface area contributed by atoms with Gasteiger partial charge in [-0.2, -0.15) is 0 Å². The summed E-state index contributed by atoms with van der Waals surface area (Å²) in [6.45, 7) is 0. The number of hydrogen-bond acceptors (Lipinski definition) is 5. The molecule has 1 aromatic carbocycles. The number of nitrogens with zero attached hydrogens (tertiary/aromatic N) is 2. The third-order valence-electron chi connectivity index (χ3n) is 2.52. The molecule has 0 fully saturated rings. The van der Waals surface area contributed by atoms with Crippen molar-refractivity contribution in [2.75, 3.05) is 14.2 Å². The van der Waals surface area contributed by atoms with Gasteiger partial charge in [0, 0.05) is 18.0 Å². The van der Waals surface area contributed by atoms with E-state index in [9.17, 15) is 4.79 Å². The number of carbonyl (C=O) groups excluding carboxylic acids is 1. The van der Waals surface area contributed by atoms with Gasteiger partial charge in [-0.3, -0.25) is 4.79 Å². The molecule has 2 rings (SSSR count). The Balaban J connectivity index is 2.47. The van der Waals surface area contributed by atoms with Crippen molar-refractivity contribution in [2.24, 2.45) is 0 Å². The first-order chi connectivity index (χ1) is 9.17. The fraction of sp³-hybridized carbons (Fsp3) is 0.154. The molecule has 2 aromatic rings. The molecule has 0 atom stereocenters. The number of aromatic nitrogens is 2. The Kier molecular flexibility index (Phi) is 3.97. The van der Waals surface area contributed by atoms with Crippen LogP contribution in [0, 0.1) is 0 Å². The van der Waals surface area contributed by atoms with E-state index in [4.69, 9.17) is 21.1 Å². The molecule has 0 saturated heterocycles. The van der Waals surface area contributed by atoms with Crippen LogP contribution >= 0.6 is 11.6 Å². The fourth-order valence-corrected chi connectivity index (χ4v) is 1.92. The van der Waals surface area contributed by atoms with Gasteiger partial charge in [0.2, 0.25) is 0 Å². The fourth-order valence-electron chi connectivity index (χ4n) is 1.63. The molecular weight excluding hydrogens is 268 g/mol. The van der Waals surface area contributed by atoms with Gasteiger partial charge < -0.3 is 9.47 Å². The van der Waals surface area contributed by atoms with E-state index in [2.05, 4.69) is 9.97 Å². The highest BCUT2D eigenvalue weighted by molar-refractivity contribution is 6.33. The molecule has 0 spiro atoms. The second kappa shape index (κ2) is 5.67. The van der Waals surface area contributed by atoms with Crippen molar-refractivity contribution >= 4 is 17.4 Å². The Hall–Kier alpha value is -2.14. The molecule has 6 heteroatoms. The van der Waals surface area contributed by atoms with E-state index in [0.29, 0.717) is 27.6 Å². The lowest BCUT2D eigenvalue weighted by molar-refractivity contribution is 0.103. The molecule has 0 saturated carbocycles. The molecule has 0 bridgehead atoms. The zero-order valence-electron chi connectivity index (χ0n) is 10.4. The van der Waals surface area contributed by atoms with E-state index in [1.807, 2.05) is 0 Å². The van der Waals surface area contributed by atoms with Crippen molar-refractivity contribution in [3.63, 3.8) is 0 Å². The maximum Gasteiger partial charge on any atom is 0.196 e. The Morgan fingerprint density at radius 1 is 1.11 bits per heavy atom. The van der Waals surface area contributed by atoms with Gasteiger partial charge in [-0.25, -0.2) is 9.97 Å². The van der Waals surface area contributed by atoms with Crippen LogP contribution in [0.2, 0.25) is 5.02 Å². The molecule has 0 N–H and O–H groups in total. The number of benzene rings is 1. The predicted octanol–water partition coefficient (Wildman–Crippen LogP) is 2.38. The Morgan fingerprint density at radius 3 is 2.37 bits per heavy atom. The first-order valence-electron chi connectivity index (χ1n) is 5.38. The van der Waals surface area contributed by atoms with Gasteiger partial charge in [0.25, 0.3) is 0 Å². The van der Waals surface area contributed by atoms with Gasteiger partial charge >= 0.3 is 0 Å². The van der Waals surface area contributed by atoms with Crippen molar-refractivity contribution in [1.29, 1.82) is 0 Å². The Morgan fingerprint density at radius 2 is 1.79 bits per heavy atom. The van der Waals surface area contributed by atoms with Gasteiger partial charge in [-0.15, -0.1) is 0 Å². The van der Waals surface area contributed by atoms with Crippen molar-refractivity contribution in [3.05, 3.63) is 47.0 Å². The van der Waals surface area contributed by atoms with Crippen LogP contribution in [0.15, 0.2) is 30.9 Å². The van der Waals surface area contributed by atoms with Crippen LogP contribution in [0.25, 0.3) is 0 Å². The number of rotatable bonds is 4. The van der Waals surface area contributed by atoms with Gasteiger partial charge in [0.1, 0.15) is 6.33 Å². The summed E-state index contributed by atoms with van der Waals surface area (Å²) < 4.78 is 10.3. The maximum atomic E-state index is 12.2. The standard InChI is InChI=1S/C13H11ClN2O3/c1-18-11-4-8(3-10(14)13(11)19-2)12(17)9-5-15-7-16-6-9/h3-7H,1-2H3. The van der Waals surface area contributed by atoms with Crippen LogP contribution in [-0.2, 0) is 0 Å². The number of halogens is 1. The molecule has 98 valence electrons. The quantitative estimate of drug-likeness (QED) is 0.804. The van der Waals surface area contributed by atoms with E-state index in [0.717, 1.165) is 0 Å². The maximum absolute atomic E-state index is 12.2. The molecule has 0 aliphatic rings. The normalized spacial score (nSPS) is 10.1. The van der Waals surface area contributed by atoms with E-state index < -0.39 is 0 Å². The number of methoxy groups -OCH3 is 2. The third-order valence-corrected chi connectivity index (χ3v) is 2.80. The van der Waals surface area contributed by atoms with Gasteiger partial charge in [-0.1, -0.05) is 11.6 Å². The zero-order valence-corrected chi connectivity index (χ0v) is 11.1. The summed E-state index contributed by atoms with van der Waals surface area (Å²) in [4.78, 5) is 19.8. The molecule has 0 radical (unpaired) electrons. The average molecular weight is 279 g/mol. The first kappa shape index (κ1) is 13.3. The van der Waals surface area contributed by atoms with Gasteiger partial charge in [-0.05, 0) is 12.1 Å². The largest absolute Gasteiger partial charge is 0.493 e. The summed E-state index contributed by atoms with van der Waals surface area (Å²) in [5.41, 5.74) is 0.767. The summed E-state index contributed by atoms with van der Waals surface area (Å²) in [6, 6.07) is 3.10. The molecule has 1 aromatic heterocycles. The second-order valence-electron chi connectivity index (χ2n) is 3.65. The van der Waals surface area contributed by atoms with Crippen molar-refractivity contribution in [3.8, 4) is 11.5 Å². The van der Waals surface area contributed by atoms with E-state index >= 15 is 0 Å². The summed E-state index contributed by atoms with van der Waals surface area (Å²) >= 11 is 6.06. The highest BCUT2D eigenvalue weighted by atomic mass is 35.5. The van der Waals surface area contributed by atoms with Crippen LogP contribution in [0.3, 0.4) is 0 Å². The highest BCUT2D eigenvalue weighted by Crippen LogP contribution is 2.36. The molecule has 1 heterocycles. The summed E-state index contributed by atoms with van der Waals surface area (Å²) in [7, 11) is 2.96. The molecule has 0 unspecified atom stereocenters. The van der Waals surface area contributed by atoms with E-state index in [1.165, 1.54) is 39.0 Å². The monoisotopic (exact) mass is 278 g/mol. The minimum absolute atomic E-state index is 0.233.